The summed E-state index contributed by atoms with van der Waals surface area (Å²) in [5, 5.41) is 0. The topological polar surface area (TPSA) is 0 Å². The average molecular weight is 399 g/mol. The molecule has 0 aliphatic heterocycles. The first-order valence-electron chi connectivity index (χ1n) is 11.4. The molecule has 0 spiro atoms. The lowest BCUT2D eigenvalue weighted by molar-refractivity contribution is 0.608. The van der Waals surface area contributed by atoms with Gasteiger partial charge < -0.3 is 0 Å². The Morgan fingerprint density at radius 1 is 0.516 bits per heavy atom. The van der Waals surface area contributed by atoms with Gasteiger partial charge in [0.25, 0.3) is 0 Å². The van der Waals surface area contributed by atoms with E-state index in [0.717, 1.165) is 12.8 Å². The van der Waals surface area contributed by atoms with Crippen LogP contribution in [0.3, 0.4) is 0 Å². The fourth-order valence-electron chi connectivity index (χ4n) is 5.83. The summed E-state index contributed by atoms with van der Waals surface area (Å²) in [4.78, 5) is 0. The van der Waals surface area contributed by atoms with Crippen molar-refractivity contribution in [2.24, 2.45) is 0 Å². The molecule has 0 fully saturated rings. The molecule has 0 heterocycles. The predicted octanol–water partition coefficient (Wildman–Crippen LogP) is 7.73. The van der Waals surface area contributed by atoms with Gasteiger partial charge in [-0.05, 0) is 52.1 Å². The molecule has 0 radical (unpaired) electrons. The zero-order valence-electron chi connectivity index (χ0n) is 17.6. The number of allylic oxidation sites excluding steroid dienone is 1. The molecule has 3 atom stereocenters. The molecule has 2 aliphatic rings. The van der Waals surface area contributed by atoms with E-state index in [9.17, 15) is 0 Å². The molecule has 0 bridgehead atoms. The van der Waals surface area contributed by atoms with E-state index in [1.807, 2.05) is 0 Å². The SMILES string of the molecule is C1=C(C2c3ccccc3CC2c2ccccc2)CC(c2ccccc2)c2ccccc21. The first-order chi connectivity index (χ1) is 15.4. The van der Waals surface area contributed by atoms with Crippen molar-refractivity contribution >= 4 is 6.08 Å². The van der Waals surface area contributed by atoms with E-state index in [1.165, 1.54) is 33.4 Å². The maximum absolute atomic E-state index is 2.50. The Labute approximate surface area is 184 Å². The van der Waals surface area contributed by atoms with Crippen molar-refractivity contribution in [1.82, 2.24) is 0 Å². The fourth-order valence-corrected chi connectivity index (χ4v) is 5.83. The van der Waals surface area contributed by atoms with E-state index in [4.69, 9.17) is 0 Å². The van der Waals surface area contributed by atoms with E-state index in [-0.39, 0.29) is 0 Å². The van der Waals surface area contributed by atoms with Gasteiger partial charge in [0, 0.05) is 11.8 Å². The van der Waals surface area contributed by atoms with Gasteiger partial charge in [-0.1, -0.05) is 121 Å². The summed E-state index contributed by atoms with van der Waals surface area (Å²) in [6.45, 7) is 0. The lowest BCUT2D eigenvalue weighted by atomic mass is 9.72. The van der Waals surface area contributed by atoms with Crippen LogP contribution >= 0.6 is 0 Å². The van der Waals surface area contributed by atoms with Crippen molar-refractivity contribution in [2.75, 3.05) is 0 Å². The number of rotatable bonds is 3. The van der Waals surface area contributed by atoms with Crippen LogP contribution in [-0.4, -0.2) is 0 Å². The molecule has 4 aromatic carbocycles. The molecular weight excluding hydrogens is 372 g/mol. The van der Waals surface area contributed by atoms with E-state index in [0.29, 0.717) is 17.8 Å². The van der Waals surface area contributed by atoms with Crippen LogP contribution in [0, 0.1) is 0 Å². The Morgan fingerprint density at radius 2 is 1.13 bits per heavy atom. The third-order valence-electron chi connectivity index (χ3n) is 7.21. The highest BCUT2D eigenvalue weighted by atomic mass is 14.4. The van der Waals surface area contributed by atoms with Gasteiger partial charge in [-0.3, -0.25) is 0 Å². The maximum atomic E-state index is 2.50. The number of hydrogen-bond donors (Lipinski definition) is 0. The summed E-state index contributed by atoms with van der Waals surface area (Å²) in [5.74, 6) is 1.37. The second-order valence-electron chi connectivity index (χ2n) is 8.91. The normalized spacial score (nSPS) is 21.8. The van der Waals surface area contributed by atoms with Crippen molar-refractivity contribution in [3.8, 4) is 0 Å². The Bertz CT molecular complexity index is 1230. The lowest BCUT2D eigenvalue weighted by Crippen LogP contribution is -2.16. The van der Waals surface area contributed by atoms with Gasteiger partial charge in [-0.25, -0.2) is 0 Å². The summed E-state index contributed by atoms with van der Waals surface area (Å²) in [6, 6.07) is 40.3. The predicted molar refractivity (Wildman–Crippen MR) is 129 cm³/mol. The van der Waals surface area contributed by atoms with Crippen LogP contribution in [0.4, 0.5) is 0 Å². The van der Waals surface area contributed by atoms with Crippen molar-refractivity contribution in [3.05, 3.63) is 148 Å². The standard InChI is InChI=1S/C31H26/c1-3-11-22(12-4-1)29-21-26(19-24-15-7-9-17-27(24)29)31-28-18-10-8-16-25(28)20-30(31)23-13-5-2-6-14-23/h1-19,29-31H,20-21H2. The minimum atomic E-state index is 0.418. The first-order valence-corrected chi connectivity index (χ1v) is 11.4. The van der Waals surface area contributed by atoms with Crippen LogP contribution in [0.25, 0.3) is 6.08 Å². The van der Waals surface area contributed by atoms with E-state index >= 15 is 0 Å². The van der Waals surface area contributed by atoms with Crippen molar-refractivity contribution < 1.29 is 0 Å². The molecule has 6 rings (SSSR count). The maximum Gasteiger partial charge on any atom is 0.0133 e. The van der Waals surface area contributed by atoms with Gasteiger partial charge in [0.05, 0.1) is 0 Å². The molecule has 0 amide bonds. The van der Waals surface area contributed by atoms with Crippen LogP contribution in [-0.2, 0) is 6.42 Å². The van der Waals surface area contributed by atoms with Gasteiger partial charge >= 0.3 is 0 Å². The molecule has 0 saturated heterocycles. The molecule has 0 nitrogen and oxygen atoms in total. The van der Waals surface area contributed by atoms with E-state index in [2.05, 4.69) is 115 Å². The molecule has 2 aliphatic carbocycles. The average Bonchev–Trinajstić information content (AvgIpc) is 3.24. The minimum Gasteiger partial charge on any atom is -0.0622 e. The van der Waals surface area contributed by atoms with Gasteiger partial charge in [-0.15, -0.1) is 0 Å². The third kappa shape index (κ3) is 3.24. The van der Waals surface area contributed by atoms with Gasteiger partial charge in [-0.2, -0.15) is 0 Å². The molecule has 4 aromatic rings. The Hall–Kier alpha value is -3.38. The number of benzene rings is 4. The Balaban J connectivity index is 1.50. The van der Waals surface area contributed by atoms with Crippen LogP contribution in [0.5, 0.6) is 0 Å². The fraction of sp³-hybridized carbons (Fsp3) is 0.161. The molecule has 0 N–H and O–H groups in total. The summed E-state index contributed by atoms with van der Waals surface area (Å²) in [6.07, 6.45) is 4.71. The second kappa shape index (κ2) is 7.71. The molecule has 0 saturated carbocycles. The van der Waals surface area contributed by atoms with Crippen LogP contribution < -0.4 is 0 Å². The smallest absolute Gasteiger partial charge is 0.0133 e. The van der Waals surface area contributed by atoms with Crippen LogP contribution in [0.1, 0.15) is 57.6 Å². The summed E-state index contributed by atoms with van der Waals surface area (Å²) >= 11 is 0. The number of hydrogen-bond acceptors (Lipinski definition) is 0. The van der Waals surface area contributed by atoms with Crippen molar-refractivity contribution in [2.45, 2.75) is 30.6 Å². The highest BCUT2D eigenvalue weighted by Gasteiger charge is 2.37. The highest BCUT2D eigenvalue weighted by molar-refractivity contribution is 5.66. The minimum absolute atomic E-state index is 0.418. The van der Waals surface area contributed by atoms with Crippen molar-refractivity contribution in [3.63, 3.8) is 0 Å². The molecular formula is C31H26. The van der Waals surface area contributed by atoms with Gasteiger partial charge in [0.15, 0.2) is 0 Å². The third-order valence-corrected chi connectivity index (χ3v) is 7.21. The molecule has 3 unspecified atom stereocenters. The molecule has 150 valence electrons. The van der Waals surface area contributed by atoms with E-state index in [1.54, 1.807) is 5.57 Å². The highest BCUT2D eigenvalue weighted by Crippen LogP contribution is 2.52. The van der Waals surface area contributed by atoms with E-state index < -0.39 is 0 Å². The van der Waals surface area contributed by atoms with Crippen molar-refractivity contribution in [1.29, 1.82) is 0 Å². The Kier molecular flexibility index (Phi) is 4.57. The first kappa shape index (κ1) is 18.4. The molecule has 0 heteroatoms. The second-order valence-corrected chi connectivity index (χ2v) is 8.91. The lowest BCUT2D eigenvalue weighted by Gasteiger charge is -2.32. The van der Waals surface area contributed by atoms with Crippen LogP contribution in [0.15, 0.2) is 115 Å². The quantitative estimate of drug-likeness (QED) is 0.331. The Morgan fingerprint density at radius 3 is 1.90 bits per heavy atom. The van der Waals surface area contributed by atoms with Gasteiger partial charge in [0.1, 0.15) is 0 Å². The summed E-state index contributed by atoms with van der Waals surface area (Å²) in [7, 11) is 0. The summed E-state index contributed by atoms with van der Waals surface area (Å²) in [5.41, 5.74) is 10.3. The summed E-state index contributed by atoms with van der Waals surface area (Å²) < 4.78 is 0. The monoisotopic (exact) mass is 398 g/mol. The molecule has 31 heavy (non-hydrogen) atoms. The largest absolute Gasteiger partial charge is 0.0622 e. The number of fused-ring (bicyclic) bond motifs is 2. The zero-order valence-corrected chi connectivity index (χ0v) is 17.6. The zero-order chi connectivity index (χ0) is 20.6. The van der Waals surface area contributed by atoms with Crippen LogP contribution in [0.2, 0.25) is 0 Å². The van der Waals surface area contributed by atoms with Gasteiger partial charge in [0.2, 0.25) is 0 Å². The molecule has 0 aromatic heterocycles.